The van der Waals surface area contributed by atoms with Crippen molar-refractivity contribution in [2.45, 2.75) is 13.0 Å². The first kappa shape index (κ1) is 21.2. The second-order valence-electron chi connectivity index (χ2n) is 7.52. The van der Waals surface area contributed by atoms with Crippen molar-refractivity contribution in [1.29, 1.82) is 0 Å². The molecule has 3 aromatic rings. The Hall–Kier alpha value is -4.06. The number of methoxy groups -OCH3 is 2. The van der Waals surface area contributed by atoms with E-state index in [0.717, 1.165) is 11.1 Å². The second-order valence-corrected chi connectivity index (χ2v) is 7.52. The quantitative estimate of drug-likeness (QED) is 0.587. The Morgan fingerprint density at radius 3 is 2.09 bits per heavy atom. The van der Waals surface area contributed by atoms with Gasteiger partial charge in [0.05, 0.1) is 25.8 Å². The van der Waals surface area contributed by atoms with Gasteiger partial charge in [0.2, 0.25) is 0 Å². The molecule has 6 nitrogen and oxygen atoms in total. The number of hydrogen-bond acceptors (Lipinski definition) is 5. The highest BCUT2D eigenvalue weighted by molar-refractivity contribution is 6.16. The molecule has 0 radical (unpaired) electrons. The molecule has 1 N–H and O–H groups in total. The maximum Gasteiger partial charge on any atom is 0.337 e. The fourth-order valence-electron chi connectivity index (χ4n) is 3.88. The van der Waals surface area contributed by atoms with Gasteiger partial charge in [0.15, 0.2) is 5.76 Å². The molecule has 1 aliphatic heterocycles. The molecule has 1 heterocycles. The van der Waals surface area contributed by atoms with Crippen molar-refractivity contribution >= 4 is 23.1 Å². The van der Waals surface area contributed by atoms with Crippen LogP contribution in [0.3, 0.4) is 0 Å². The zero-order valence-corrected chi connectivity index (χ0v) is 18.0. The Bertz CT molecular complexity index is 1180. The van der Waals surface area contributed by atoms with Gasteiger partial charge in [-0.25, -0.2) is 4.79 Å². The van der Waals surface area contributed by atoms with Crippen molar-refractivity contribution in [2.24, 2.45) is 0 Å². The molecule has 6 heteroatoms. The zero-order chi connectivity index (χ0) is 22.8. The highest BCUT2D eigenvalue weighted by Gasteiger charge is 2.42. The lowest BCUT2D eigenvalue weighted by atomic mass is 9.92. The number of carbonyl (C=O) groups is 2. The number of amides is 1. The number of aryl methyl sites for hydroxylation is 1. The molecule has 4 rings (SSSR count). The maximum absolute atomic E-state index is 13.2. The monoisotopic (exact) mass is 429 g/mol. The lowest BCUT2D eigenvalue weighted by molar-refractivity contribution is -0.117. The van der Waals surface area contributed by atoms with E-state index < -0.39 is 17.9 Å². The Balaban J connectivity index is 1.85. The zero-order valence-electron chi connectivity index (χ0n) is 18.0. The fourth-order valence-corrected chi connectivity index (χ4v) is 3.88. The molecule has 1 unspecified atom stereocenters. The SMILES string of the molecule is COC(=O)c1ccc(C2C(c3ccc(OC)cc3)=C(O)C(=O)N2c2ccc(C)cc2)cc1. The lowest BCUT2D eigenvalue weighted by Gasteiger charge is -2.27. The van der Waals surface area contributed by atoms with Crippen molar-refractivity contribution in [1.82, 2.24) is 0 Å². The van der Waals surface area contributed by atoms with Gasteiger partial charge in [-0.1, -0.05) is 42.0 Å². The van der Waals surface area contributed by atoms with Gasteiger partial charge in [-0.15, -0.1) is 0 Å². The third kappa shape index (κ3) is 3.71. The second kappa shape index (κ2) is 8.59. The van der Waals surface area contributed by atoms with Crippen LogP contribution in [0.4, 0.5) is 5.69 Å². The van der Waals surface area contributed by atoms with Crippen LogP contribution in [-0.2, 0) is 9.53 Å². The van der Waals surface area contributed by atoms with Gasteiger partial charge < -0.3 is 14.6 Å². The number of rotatable bonds is 5. The van der Waals surface area contributed by atoms with Crippen LogP contribution in [0, 0.1) is 6.92 Å². The van der Waals surface area contributed by atoms with Crippen LogP contribution in [0.2, 0.25) is 0 Å². The third-order valence-electron chi connectivity index (χ3n) is 5.57. The molecule has 162 valence electrons. The molecule has 32 heavy (non-hydrogen) atoms. The van der Waals surface area contributed by atoms with Crippen LogP contribution in [0.1, 0.15) is 33.1 Å². The van der Waals surface area contributed by atoms with Crippen LogP contribution in [-0.4, -0.2) is 31.2 Å². The van der Waals surface area contributed by atoms with Crippen molar-refractivity contribution < 1.29 is 24.2 Å². The average molecular weight is 429 g/mol. The van der Waals surface area contributed by atoms with Crippen LogP contribution >= 0.6 is 0 Å². The van der Waals surface area contributed by atoms with E-state index in [1.54, 1.807) is 48.4 Å². The summed E-state index contributed by atoms with van der Waals surface area (Å²) in [4.78, 5) is 26.7. The maximum atomic E-state index is 13.2. The van der Waals surface area contributed by atoms with Gasteiger partial charge in [0, 0.05) is 11.3 Å². The minimum Gasteiger partial charge on any atom is -0.503 e. The Morgan fingerprint density at radius 2 is 1.53 bits per heavy atom. The molecule has 0 saturated carbocycles. The van der Waals surface area contributed by atoms with Crippen LogP contribution in [0.25, 0.3) is 5.57 Å². The molecule has 0 spiro atoms. The van der Waals surface area contributed by atoms with E-state index in [1.807, 2.05) is 43.3 Å². The summed E-state index contributed by atoms with van der Waals surface area (Å²) in [5.41, 5.74) is 4.07. The largest absolute Gasteiger partial charge is 0.503 e. The average Bonchev–Trinajstić information content (AvgIpc) is 3.09. The molecule has 1 amide bonds. The van der Waals surface area contributed by atoms with Gasteiger partial charge in [-0.05, 0) is 54.4 Å². The summed E-state index contributed by atoms with van der Waals surface area (Å²) in [6, 6.07) is 21.0. The standard InChI is InChI=1S/C26H23NO5/c1-16-4-12-20(13-5-16)27-23(18-6-8-19(9-7-18)26(30)32-3)22(24(28)25(27)29)17-10-14-21(31-2)15-11-17/h4-15,23,28H,1-3H3. The molecule has 0 bridgehead atoms. The summed E-state index contributed by atoms with van der Waals surface area (Å²) in [5, 5.41) is 10.9. The van der Waals surface area contributed by atoms with E-state index in [4.69, 9.17) is 9.47 Å². The fraction of sp³-hybridized carbons (Fsp3) is 0.154. The summed E-state index contributed by atoms with van der Waals surface area (Å²) in [7, 11) is 2.91. The third-order valence-corrected chi connectivity index (χ3v) is 5.57. The van der Waals surface area contributed by atoms with E-state index in [9.17, 15) is 14.7 Å². The minimum absolute atomic E-state index is 0.308. The molecule has 0 aromatic heterocycles. The molecule has 3 aromatic carbocycles. The first-order valence-corrected chi connectivity index (χ1v) is 10.1. The minimum atomic E-state index is -0.578. The molecular formula is C26H23NO5. The normalized spacial score (nSPS) is 15.8. The van der Waals surface area contributed by atoms with E-state index in [1.165, 1.54) is 7.11 Å². The number of ether oxygens (including phenoxy) is 2. The summed E-state index contributed by atoms with van der Waals surface area (Å²) in [6.45, 7) is 1.97. The molecule has 1 aliphatic rings. The van der Waals surface area contributed by atoms with Crippen LogP contribution < -0.4 is 9.64 Å². The molecular weight excluding hydrogens is 406 g/mol. The first-order valence-electron chi connectivity index (χ1n) is 10.1. The van der Waals surface area contributed by atoms with Gasteiger partial charge in [-0.2, -0.15) is 0 Å². The summed E-state index contributed by atoms with van der Waals surface area (Å²) < 4.78 is 10.0. The predicted octanol–water partition coefficient (Wildman–Crippen LogP) is 4.85. The Kier molecular flexibility index (Phi) is 5.69. The van der Waals surface area contributed by atoms with Gasteiger partial charge >= 0.3 is 5.97 Å². The van der Waals surface area contributed by atoms with Crippen molar-refractivity contribution in [3.05, 3.63) is 101 Å². The van der Waals surface area contributed by atoms with Crippen molar-refractivity contribution in [3.63, 3.8) is 0 Å². The molecule has 0 fully saturated rings. The first-order chi connectivity index (χ1) is 15.4. The highest BCUT2D eigenvalue weighted by atomic mass is 16.5. The summed E-state index contributed by atoms with van der Waals surface area (Å²) in [5.74, 6) is -0.560. The lowest BCUT2D eigenvalue weighted by Crippen LogP contribution is -2.30. The number of aliphatic hydroxyl groups excluding tert-OH is 1. The number of carbonyl (C=O) groups excluding carboxylic acids is 2. The number of anilines is 1. The smallest absolute Gasteiger partial charge is 0.337 e. The number of aliphatic hydroxyl groups is 1. The van der Waals surface area contributed by atoms with Crippen LogP contribution in [0.5, 0.6) is 5.75 Å². The summed E-state index contributed by atoms with van der Waals surface area (Å²) >= 11 is 0. The van der Waals surface area contributed by atoms with Gasteiger partial charge in [0.1, 0.15) is 5.75 Å². The van der Waals surface area contributed by atoms with E-state index in [-0.39, 0.29) is 5.76 Å². The van der Waals surface area contributed by atoms with Gasteiger partial charge in [0.25, 0.3) is 5.91 Å². The Labute approximate surface area is 186 Å². The van der Waals surface area contributed by atoms with Gasteiger partial charge in [-0.3, -0.25) is 9.69 Å². The molecule has 0 aliphatic carbocycles. The van der Waals surface area contributed by atoms with Crippen LogP contribution in [0.15, 0.2) is 78.6 Å². The molecule has 0 saturated heterocycles. The topological polar surface area (TPSA) is 76.1 Å². The Morgan fingerprint density at radius 1 is 0.906 bits per heavy atom. The van der Waals surface area contributed by atoms with Crippen molar-refractivity contribution in [3.8, 4) is 5.75 Å². The van der Waals surface area contributed by atoms with E-state index in [2.05, 4.69) is 0 Å². The predicted molar refractivity (Wildman–Crippen MR) is 122 cm³/mol. The number of benzene rings is 3. The van der Waals surface area contributed by atoms with E-state index in [0.29, 0.717) is 28.1 Å². The highest BCUT2D eigenvalue weighted by Crippen LogP contribution is 2.45. The van der Waals surface area contributed by atoms with E-state index >= 15 is 0 Å². The number of esters is 1. The molecule has 1 atom stereocenters. The number of nitrogens with zero attached hydrogens (tertiary/aromatic N) is 1. The van der Waals surface area contributed by atoms with Crippen molar-refractivity contribution in [2.75, 3.05) is 19.1 Å². The number of hydrogen-bond donors (Lipinski definition) is 1. The summed E-state index contributed by atoms with van der Waals surface area (Å²) in [6.07, 6.45) is 0.